The summed E-state index contributed by atoms with van der Waals surface area (Å²) < 4.78 is 25.9. The summed E-state index contributed by atoms with van der Waals surface area (Å²) in [5.41, 5.74) is 6.02. The lowest BCUT2D eigenvalue weighted by molar-refractivity contribution is 0.121. The molecule has 5 heteroatoms. The van der Waals surface area contributed by atoms with Crippen molar-refractivity contribution < 1.29 is 13.9 Å². The summed E-state index contributed by atoms with van der Waals surface area (Å²) in [5.74, 6) is -1.08. The molecule has 17 heavy (non-hydrogen) atoms. The largest absolute Gasteiger partial charge is 0.391 e. The SMILES string of the molecule is CC(C)C[C@H](O)[C@H](N)c1cc(F)cc(F)c1.Cl. The fraction of sp³-hybridized carbons (Fsp3) is 0.500. The third kappa shape index (κ3) is 4.98. The molecule has 0 radical (unpaired) electrons. The minimum atomic E-state index is -0.791. The average molecular weight is 266 g/mol. The first-order valence-corrected chi connectivity index (χ1v) is 5.29. The lowest BCUT2D eigenvalue weighted by atomic mass is 9.95. The van der Waals surface area contributed by atoms with E-state index < -0.39 is 23.8 Å². The van der Waals surface area contributed by atoms with E-state index >= 15 is 0 Å². The van der Waals surface area contributed by atoms with Crippen molar-refractivity contribution in [1.29, 1.82) is 0 Å². The Balaban J connectivity index is 0.00000256. The lowest BCUT2D eigenvalue weighted by Gasteiger charge is -2.20. The number of nitrogens with two attached hydrogens (primary N) is 1. The molecule has 0 amide bonds. The van der Waals surface area contributed by atoms with Crippen molar-refractivity contribution in [1.82, 2.24) is 0 Å². The Labute approximate surface area is 106 Å². The molecule has 2 atom stereocenters. The van der Waals surface area contributed by atoms with Crippen LogP contribution in [0, 0.1) is 17.6 Å². The van der Waals surface area contributed by atoms with Crippen LogP contribution in [0.15, 0.2) is 18.2 Å². The highest BCUT2D eigenvalue weighted by Gasteiger charge is 2.19. The second-order valence-corrected chi connectivity index (χ2v) is 4.43. The molecule has 0 fully saturated rings. The van der Waals surface area contributed by atoms with Gasteiger partial charge in [0.05, 0.1) is 12.1 Å². The summed E-state index contributed by atoms with van der Waals surface area (Å²) in [6.45, 7) is 3.89. The molecular weight excluding hydrogens is 248 g/mol. The van der Waals surface area contributed by atoms with E-state index in [4.69, 9.17) is 5.73 Å². The Morgan fingerprint density at radius 3 is 2.06 bits per heavy atom. The fourth-order valence-electron chi connectivity index (χ4n) is 1.62. The molecule has 0 aliphatic rings. The molecule has 2 nitrogen and oxygen atoms in total. The summed E-state index contributed by atoms with van der Waals surface area (Å²) in [4.78, 5) is 0. The van der Waals surface area contributed by atoms with E-state index in [1.54, 1.807) is 0 Å². The Kier molecular flexibility index (Phi) is 6.60. The van der Waals surface area contributed by atoms with Gasteiger partial charge in [-0.05, 0) is 30.0 Å². The fourth-order valence-corrected chi connectivity index (χ4v) is 1.62. The molecule has 1 aromatic rings. The van der Waals surface area contributed by atoms with Gasteiger partial charge in [-0.3, -0.25) is 0 Å². The highest BCUT2D eigenvalue weighted by atomic mass is 35.5. The van der Waals surface area contributed by atoms with Crippen molar-refractivity contribution in [2.24, 2.45) is 11.7 Å². The van der Waals surface area contributed by atoms with Gasteiger partial charge in [0.25, 0.3) is 0 Å². The average Bonchev–Trinajstić information content (AvgIpc) is 2.13. The molecule has 3 N–H and O–H groups in total. The Morgan fingerprint density at radius 2 is 1.65 bits per heavy atom. The monoisotopic (exact) mass is 265 g/mol. The van der Waals surface area contributed by atoms with Gasteiger partial charge in [0.1, 0.15) is 11.6 Å². The van der Waals surface area contributed by atoms with Gasteiger partial charge >= 0.3 is 0 Å². The van der Waals surface area contributed by atoms with Crippen molar-refractivity contribution in [2.45, 2.75) is 32.4 Å². The van der Waals surface area contributed by atoms with Gasteiger partial charge < -0.3 is 10.8 Å². The number of halogens is 3. The van der Waals surface area contributed by atoms with E-state index in [-0.39, 0.29) is 23.9 Å². The predicted octanol–water partition coefficient (Wildman–Crippen LogP) is 2.79. The van der Waals surface area contributed by atoms with E-state index in [0.29, 0.717) is 6.42 Å². The van der Waals surface area contributed by atoms with Gasteiger partial charge in [-0.1, -0.05) is 13.8 Å². The molecule has 0 spiro atoms. The molecule has 0 aliphatic carbocycles. The summed E-state index contributed by atoms with van der Waals surface area (Å²) in [7, 11) is 0. The normalized spacial score (nSPS) is 14.3. The summed E-state index contributed by atoms with van der Waals surface area (Å²) >= 11 is 0. The number of aliphatic hydroxyl groups is 1. The van der Waals surface area contributed by atoms with Crippen LogP contribution in [0.2, 0.25) is 0 Å². The summed E-state index contributed by atoms with van der Waals surface area (Å²) in [6.07, 6.45) is -0.291. The maximum absolute atomic E-state index is 12.9. The molecule has 1 rings (SSSR count). The van der Waals surface area contributed by atoms with Crippen LogP contribution in [-0.4, -0.2) is 11.2 Å². The second-order valence-electron chi connectivity index (χ2n) is 4.43. The van der Waals surface area contributed by atoms with Crippen molar-refractivity contribution in [3.8, 4) is 0 Å². The molecule has 1 aromatic carbocycles. The number of aliphatic hydroxyl groups excluding tert-OH is 1. The highest BCUT2D eigenvalue weighted by molar-refractivity contribution is 5.85. The van der Waals surface area contributed by atoms with Crippen LogP contribution < -0.4 is 5.73 Å². The zero-order valence-electron chi connectivity index (χ0n) is 9.86. The van der Waals surface area contributed by atoms with Crippen molar-refractivity contribution in [3.05, 3.63) is 35.4 Å². The third-order valence-electron chi connectivity index (χ3n) is 2.40. The van der Waals surface area contributed by atoms with E-state index in [1.807, 2.05) is 13.8 Å². The van der Waals surface area contributed by atoms with Crippen LogP contribution in [0.4, 0.5) is 8.78 Å². The van der Waals surface area contributed by atoms with Crippen molar-refractivity contribution in [2.75, 3.05) is 0 Å². The van der Waals surface area contributed by atoms with Gasteiger partial charge in [-0.15, -0.1) is 12.4 Å². The molecule has 0 saturated heterocycles. The van der Waals surface area contributed by atoms with Crippen LogP contribution in [-0.2, 0) is 0 Å². The minimum absolute atomic E-state index is 0. The molecule has 0 aliphatic heterocycles. The minimum Gasteiger partial charge on any atom is -0.391 e. The van der Waals surface area contributed by atoms with Crippen LogP contribution in [0.1, 0.15) is 31.9 Å². The maximum Gasteiger partial charge on any atom is 0.126 e. The van der Waals surface area contributed by atoms with Crippen molar-refractivity contribution >= 4 is 12.4 Å². The van der Waals surface area contributed by atoms with Gasteiger partial charge in [0, 0.05) is 6.07 Å². The van der Waals surface area contributed by atoms with Gasteiger partial charge in [0.15, 0.2) is 0 Å². The Bertz CT molecular complexity index is 340. The predicted molar refractivity (Wildman–Crippen MR) is 66.0 cm³/mol. The lowest BCUT2D eigenvalue weighted by Crippen LogP contribution is -2.27. The van der Waals surface area contributed by atoms with E-state index in [2.05, 4.69) is 0 Å². The van der Waals surface area contributed by atoms with E-state index in [1.165, 1.54) is 0 Å². The molecule has 0 unspecified atom stereocenters. The number of benzene rings is 1. The van der Waals surface area contributed by atoms with Gasteiger partial charge in [0.2, 0.25) is 0 Å². The highest BCUT2D eigenvalue weighted by Crippen LogP contribution is 2.21. The molecule has 0 heterocycles. The quantitative estimate of drug-likeness (QED) is 0.879. The Morgan fingerprint density at radius 1 is 1.18 bits per heavy atom. The van der Waals surface area contributed by atoms with Crippen molar-refractivity contribution in [3.63, 3.8) is 0 Å². The van der Waals surface area contributed by atoms with Gasteiger partial charge in [-0.25, -0.2) is 8.78 Å². The maximum atomic E-state index is 12.9. The smallest absolute Gasteiger partial charge is 0.126 e. The zero-order chi connectivity index (χ0) is 12.3. The second kappa shape index (κ2) is 6.89. The van der Waals surface area contributed by atoms with Gasteiger partial charge in [-0.2, -0.15) is 0 Å². The molecular formula is C12H18ClF2NO. The summed E-state index contributed by atoms with van der Waals surface area (Å²) in [5, 5.41) is 9.75. The Hall–Kier alpha value is -0.710. The molecule has 0 bridgehead atoms. The third-order valence-corrected chi connectivity index (χ3v) is 2.40. The van der Waals surface area contributed by atoms with E-state index in [9.17, 15) is 13.9 Å². The first-order valence-electron chi connectivity index (χ1n) is 5.29. The molecule has 98 valence electrons. The number of hydrogen-bond donors (Lipinski definition) is 2. The van der Waals surface area contributed by atoms with E-state index in [0.717, 1.165) is 18.2 Å². The zero-order valence-corrected chi connectivity index (χ0v) is 10.7. The molecule has 0 aromatic heterocycles. The number of hydrogen-bond acceptors (Lipinski definition) is 2. The summed E-state index contributed by atoms with van der Waals surface area (Å²) in [6, 6.07) is 2.33. The van der Waals surface area contributed by atoms with Crippen LogP contribution >= 0.6 is 12.4 Å². The standard InChI is InChI=1S/C12H17F2NO.ClH/c1-7(2)3-11(16)12(15)8-4-9(13)6-10(14)5-8;/h4-7,11-12,16H,3,15H2,1-2H3;1H/t11-,12+;/m0./s1. The number of rotatable bonds is 4. The van der Waals surface area contributed by atoms with Crippen LogP contribution in [0.25, 0.3) is 0 Å². The molecule has 0 saturated carbocycles. The van der Waals surface area contributed by atoms with Crippen LogP contribution in [0.5, 0.6) is 0 Å². The first kappa shape index (κ1) is 16.3. The first-order chi connectivity index (χ1) is 7.40. The topological polar surface area (TPSA) is 46.2 Å². The van der Waals surface area contributed by atoms with Crippen LogP contribution in [0.3, 0.4) is 0 Å².